The monoisotopic (exact) mass is 346 g/mol. The number of rotatable bonds is 6. The van der Waals surface area contributed by atoms with Crippen molar-refractivity contribution in [3.63, 3.8) is 0 Å². The van der Waals surface area contributed by atoms with Gasteiger partial charge < -0.3 is 5.11 Å². The van der Waals surface area contributed by atoms with E-state index < -0.39 is 5.97 Å². The molecule has 1 aromatic carbocycles. The van der Waals surface area contributed by atoms with Crippen molar-refractivity contribution in [3.05, 3.63) is 52.2 Å². The highest BCUT2D eigenvalue weighted by Gasteiger charge is 2.13. The summed E-state index contributed by atoms with van der Waals surface area (Å²) in [6, 6.07) is 9.79. The Labute approximate surface area is 139 Å². The van der Waals surface area contributed by atoms with Crippen molar-refractivity contribution in [2.75, 3.05) is 5.75 Å². The third-order valence-electron chi connectivity index (χ3n) is 2.93. The number of aromatic nitrogens is 4. The molecule has 3 aromatic rings. The van der Waals surface area contributed by atoms with Crippen LogP contribution in [0.25, 0.3) is 5.69 Å². The van der Waals surface area contributed by atoms with Crippen molar-refractivity contribution in [3.8, 4) is 5.69 Å². The number of Topliss-reactive ketones (excluding diaryl/α,β-unsaturated/α-hetero) is 1. The number of aromatic carboxylic acids is 1. The van der Waals surface area contributed by atoms with Crippen LogP contribution in [0.5, 0.6) is 0 Å². The van der Waals surface area contributed by atoms with Crippen LogP contribution in [0.3, 0.4) is 0 Å². The first-order valence-electron chi connectivity index (χ1n) is 6.47. The van der Waals surface area contributed by atoms with Crippen molar-refractivity contribution in [1.82, 2.24) is 20.2 Å². The summed E-state index contributed by atoms with van der Waals surface area (Å²) in [5.74, 6) is -0.751. The quantitative estimate of drug-likeness (QED) is 0.540. The van der Waals surface area contributed by atoms with Gasteiger partial charge in [0, 0.05) is 0 Å². The lowest BCUT2D eigenvalue weighted by Crippen LogP contribution is -2.04. The Morgan fingerprint density at radius 3 is 2.65 bits per heavy atom. The van der Waals surface area contributed by atoms with E-state index in [0.717, 1.165) is 0 Å². The first kappa shape index (κ1) is 15.4. The molecule has 0 aliphatic carbocycles. The van der Waals surface area contributed by atoms with Crippen LogP contribution < -0.4 is 0 Å². The van der Waals surface area contributed by atoms with Gasteiger partial charge in [-0.15, -0.1) is 16.4 Å². The zero-order valence-electron chi connectivity index (χ0n) is 11.6. The van der Waals surface area contributed by atoms with Crippen LogP contribution in [0.15, 0.2) is 46.9 Å². The van der Waals surface area contributed by atoms with E-state index in [4.69, 9.17) is 5.11 Å². The molecular weight excluding hydrogens is 336 g/mol. The second kappa shape index (κ2) is 6.71. The van der Waals surface area contributed by atoms with Crippen molar-refractivity contribution in [2.24, 2.45) is 0 Å². The minimum Gasteiger partial charge on any atom is -0.478 e. The Morgan fingerprint density at radius 1 is 1.22 bits per heavy atom. The van der Waals surface area contributed by atoms with Gasteiger partial charge >= 0.3 is 5.97 Å². The molecule has 0 bridgehead atoms. The maximum absolute atomic E-state index is 12.0. The molecule has 0 atom stereocenters. The largest absolute Gasteiger partial charge is 0.478 e. The summed E-state index contributed by atoms with van der Waals surface area (Å²) in [7, 11) is 0. The minimum atomic E-state index is -0.996. The van der Waals surface area contributed by atoms with E-state index in [-0.39, 0.29) is 17.1 Å². The molecule has 0 fully saturated rings. The van der Waals surface area contributed by atoms with Crippen LogP contribution >= 0.6 is 23.1 Å². The van der Waals surface area contributed by atoms with Crippen LogP contribution in [0.2, 0.25) is 0 Å². The molecule has 116 valence electrons. The number of hydrogen-bond donors (Lipinski definition) is 1. The number of thiophene rings is 1. The fourth-order valence-corrected chi connectivity index (χ4v) is 3.34. The first-order valence-corrected chi connectivity index (χ1v) is 8.33. The Balaban J connectivity index is 1.74. The molecule has 0 radical (unpaired) electrons. The predicted molar refractivity (Wildman–Crippen MR) is 85.5 cm³/mol. The van der Waals surface area contributed by atoms with Gasteiger partial charge in [-0.3, -0.25) is 4.79 Å². The molecule has 9 heteroatoms. The van der Waals surface area contributed by atoms with E-state index in [9.17, 15) is 9.59 Å². The van der Waals surface area contributed by atoms with Gasteiger partial charge in [0.1, 0.15) is 0 Å². The van der Waals surface area contributed by atoms with Crippen molar-refractivity contribution < 1.29 is 14.7 Å². The van der Waals surface area contributed by atoms with Gasteiger partial charge in [0.25, 0.3) is 0 Å². The number of thioether (sulfide) groups is 1. The van der Waals surface area contributed by atoms with Gasteiger partial charge in [0.15, 0.2) is 5.78 Å². The summed E-state index contributed by atoms with van der Waals surface area (Å²) in [5, 5.41) is 22.6. The Kier molecular flexibility index (Phi) is 4.49. The van der Waals surface area contributed by atoms with Gasteiger partial charge in [-0.1, -0.05) is 17.8 Å². The second-order valence-electron chi connectivity index (χ2n) is 4.41. The van der Waals surface area contributed by atoms with E-state index in [0.29, 0.717) is 15.7 Å². The summed E-state index contributed by atoms with van der Waals surface area (Å²) >= 11 is 2.63. The summed E-state index contributed by atoms with van der Waals surface area (Å²) in [5.41, 5.74) is 0.815. The SMILES string of the molecule is O=C(O)c1ccc(-n2nnnc2SCC(=O)c2cccs2)cc1. The van der Waals surface area contributed by atoms with Gasteiger partial charge in [-0.05, 0) is 46.1 Å². The molecule has 0 saturated carbocycles. The maximum atomic E-state index is 12.0. The van der Waals surface area contributed by atoms with Crippen LogP contribution in [0.4, 0.5) is 0 Å². The zero-order valence-corrected chi connectivity index (χ0v) is 13.3. The first-order chi connectivity index (χ1) is 11.1. The van der Waals surface area contributed by atoms with Crippen LogP contribution in [0, 0.1) is 0 Å². The van der Waals surface area contributed by atoms with E-state index in [1.165, 1.54) is 39.9 Å². The molecule has 1 N–H and O–H groups in total. The number of carboxylic acids is 1. The Morgan fingerprint density at radius 2 is 2.00 bits per heavy atom. The Bertz CT molecular complexity index is 828. The summed E-state index contributed by atoms with van der Waals surface area (Å²) < 4.78 is 1.47. The molecule has 0 amide bonds. The van der Waals surface area contributed by atoms with E-state index in [1.807, 2.05) is 11.4 Å². The third kappa shape index (κ3) is 3.46. The van der Waals surface area contributed by atoms with Crippen LogP contribution in [-0.2, 0) is 0 Å². The lowest BCUT2D eigenvalue weighted by atomic mass is 10.2. The number of carbonyl (C=O) groups excluding carboxylic acids is 1. The number of benzene rings is 1. The summed E-state index contributed by atoms with van der Waals surface area (Å²) in [6.45, 7) is 0. The molecule has 0 unspecified atom stereocenters. The average Bonchev–Trinajstić information content (AvgIpc) is 3.24. The summed E-state index contributed by atoms with van der Waals surface area (Å²) in [6.07, 6.45) is 0. The lowest BCUT2D eigenvalue weighted by Gasteiger charge is -2.04. The highest BCUT2D eigenvalue weighted by Crippen LogP contribution is 2.21. The number of tetrazole rings is 1. The maximum Gasteiger partial charge on any atom is 0.335 e. The minimum absolute atomic E-state index is 0.0146. The highest BCUT2D eigenvalue weighted by molar-refractivity contribution is 7.99. The molecule has 0 saturated heterocycles. The molecular formula is C14H10N4O3S2. The van der Waals surface area contributed by atoms with Gasteiger partial charge in [-0.25, -0.2) is 4.79 Å². The number of carbonyl (C=O) groups is 2. The number of ketones is 1. The van der Waals surface area contributed by atoms with Crippen molar-refractivity contribution >= 4 is 34.9 Å². The van der Waals surface area contributed by atoms with Crippen LogP contribution in [0.1, 0.15) is 20.0 Å². The number of hydrogen-bond acceptors (Lipinski definition) is 7. The predicted octanol–water partition coefficient (Wildman–Crippen LogP) is 2.40. The molecule has 0 aliphatic rings. The Hall–Kier alpha value is -2.52. The fourth-order valence-electron chi connectivity index (χ4n) is 1.81. The van der Waals surface area contributed by atoms with Crippen LogP contribution in [-0.4, -0.2) is 42.8 Å². The van der Waals surface area contributed by atoms with Crippen molar-refractivity contribution in [1.29, 1.82) is 0 Å². The third-order valence-corrected chi connectivity index (χ3v) is 4.76. The molecule has 2 aromatic heterocycles. The van der Waals surface area contributed by atoms with Gasteiger partial charge in [-0.2, -0.15) is 4.68 Å². The molecule has 7 nitrogen and oxygen atoms in total. The summed E-state index contributed by atoms with van der Waals surface area (Å²) in [4.78, 5) is 23.6. The van der Waals surface area contributed by atoms with Crippen molar-refractivity contribution in [2.45, 2.75) is 5.16 Å². The van der Waals surface area contributed by atoms with E-state index in [2.05, 4.69) is 15.5 Å². The fraction of sp³-hybridized carbons (Fsp3) is 0.0714. The molecule has 0 aliphatic heterocycles. The highest BCUT2D eigenvalue weighted by atomic mass is 32.2. The van der Waals surface area contributed by atoms with E-state index >= 15 is 0 Å². The van der Waals surface area contributed by atoms with Gasteiger partial charge in [0.05, 0.1) is 21.9 Å². The molecule has 3 rings (SSSR count). The topological polar surface area (TPSA) is 98.0 Å². The standard InChI is InChI=1S/C14H10N4O3S2/c19-11(12-2-1-7-22-12)8-23-14-15-16-17-18(14)10-5-3-9(4-6-10)13(20)21/h1-7H,8H2,(H,20,21). The van der Waals surface area contributed by atoms with E-state index in [1.54, 1.807) is 18.2 Å². The lowest BCUT2D eigenvalue weighted by molar-refractivity contribution is 0.0696. The number of carboxylic acid groups (broad SMARTS) is 1. The average molecular weight is 346 g/mol. The smallest absolute Gasteiger partial charge is 0.335 e. The number of nitrogens with zero attached hydrogens (tertiary/aromatic N) is 4. The van der Waals surface area contributed by atoms with Gasteiger partial charge in [0.2, 0.25) is 5.16 Å². The molecule has 23 heavy (non-hydrogen) atoms. The molecule has 0 spiro atoms. The second-order valence-corrected chi connectivity index (χ2v) is 6.30. The molecule has 2 heterocycles. The normalized spacial score (nSPS) is 10.6. The zero-order chi connectivity index (χ0) is 16.2.